The molecule has 2 aliphatic rings. The fraction of sp³-hybridized carbons (Fsp3) is 0.475. The number of unbranched alkanes of at least 4 members (excludes halogenated alkanes) is 1. The third-order valence-electron chi connectivity index (χ3n) is 10.6. The number of hydrogen-bond donors (Lipinski definition) is 3. The van der Waals surface area contributed by atoms with Gasteiger partial charge in [0.15, 0.2) is 0 Å². The first-order chi connectivity index (χ1) is 24.3. The number of aliphatic hydroxyl groups is 1. The number of rotatable bonds is 12. The predicted octanol–water partition coefficient (Wildman–Crippen LogP) is 6.60. The second-order valence-electron chi connectivity index (χ2n) is 14.2. The van der Waals surface area contributed by atoms with E-state index in [9.17, 15) is 19.5 Å². The van der Waals surface area contributed by atoms with Crippen LogP contribution in [0.1, 0.15) is 104 Å². The second kappa shape index (κ2) is 15.6. The van der Waals surface area contributed by atoms with Gasteiger partial charge in [0.2, 0.25) is 5.91 Å². The molecule has 51 heavy (non-hydrogen) atoms. The Bertz CT molecular complexity index is 2020. The number of H-pyrrole nitrogens is 2. The molecule has 3 aromatic heterocycles. The molecular formula is C40H51N5O6. The Balaban J connectivity index is 1.86. The molecule has 5 heterocycles. The summed E-state index contributed by atoms with van der Waals surface area (Å²) in [5.74, 6) is -0.695. The largest absolute Gasteiger partial charge is 0.469 e. The number of ether oxygens (including phenoxy) is 2. The monoisotopic (exact) mass is 697 g/mol. The maximum absolute atomic E-state index is 13.4. The first kappa shape index (κ1) is 37.5. The van der Waals surface area contributed by atoms with Crippen LogP contribution in [0.2, 0.25) is 0 Å². The molecule has 11 heteroatoms. The summed E-state index contributed by atoms with van der Waals surface area (Å²) in [6.45, 7) is 8.32. The molecule has 0 aromatic carbocycles. The molecule has 2 atom stereocenters. The van der Waals surface area contributed by atoms with Crippen LogP contribution in [0.3, 0.4) is 0 Å². The number of allylic oxidation sites excluding steroid dienone is 2. The molecule has 2 aliphatic heterocycles. The normalized spacial score (nSPS) is 17.1. The van der Waals surface area contributed by atoms with Gasteiger partial charge in [-0.3, -0.25) is 19.4 Å². The molecule has 0 saturated carbocycles. The van der Waals surface area contributed by atoms with E-state index in [1.165, 1.54) is 14.2 Å². The number of nitrogens with one attached hydrogen (secondary N) is 2. The third-order valence-corrected chi connectivity index (χ3v) is 10.6. The molecule has 1 amide bonds. The van der Waals surface area contributed by atoms with Crippen molar-refractivity contribution in [2.75, 3.05) is 34.9 Å². The van der Waals surface area contributed by atoms with E-state index in [0.717, 1.165) is 85.5 Å². The van der Waals surface area contributed by atoms with Gasteiger partial charge in [0.1, 0.15) is 0 Å². The average molecular weight is 698 g/mol. The number of esters is 2. The number of aliphatic hydroxyl groups excluding tert-OH is 1. The van der Waals surface area contributed by atoms with Crippen LogP contribution in [0.15, 0.2) is 30.3 Å². The van der Waals surface area contributed by atoms with E-state index in [0.29, 0.717) is 19.3 Å². The summed E-state index contributed by atoms with van der Waals surface area (Å²) in [5.41, 5.74) is 10.9. The summed E-state index contributed by atoms with van der Waals surface area (Å²) >= 11 is 0. The lowest BCUT2D eigenvalue weighted by Crippen LogP contribution is -2.34. The van der Waals surface area contributed by atoms with Crippen molar-refractivity contribution in [3.05, 3.63) is 69.8 Å². The smallest absolute Gasteiger partial charge is 0.305 e. The first-order valence-corrected chi connectivity index (χ1v) is 17.7. The number of aromatic amines is 2. The Kier molecular flexibility index (Phi) is 11.5. The van der Waals surface area contributed by atoms with Gasteiger partial charge in [0.25, 0.3) is 0 Å². The van der Waals surface area contributed by atoms with Gasteiger partial charge in [-0.15, -0.1) is 0 Å². The quantitative estimate of drug-likeness (QED) is 0.142. The van der Waals surface area contributed by atoms with Crippen molar-refractivity contribution < 1.29 is 29.0 Å². The second-order valence-corrected chi connectivity index (χ2v) is 14.2. The van der Waals surface area contributed by atoms with Crippen LogP contribution in [0, 0.1) is 13.8 Å². The van der Waals surface area contributed by atoms with Gasteiger partial charge in [-0.2, -0.15) is 0 Å². The molecule has 0 unspecified atom stereocenters. The number of aromatic nitrogens is 4. The van der Waals surface area contributed by atoms with Crippen LogP contribution >= 0.6 is 0 Å². The van der Waals surface area contributed by atoms with Crippen LogP contribution in [0.4, 0.5) is 0 Å². The number of amides is 1. The highest BCUT2D eigenvalue weighted by molar-refractivity contribution is 5.93. The number of hydrogen-bond acceptors (Lipinski definition) is 8. The topological polar surface area (TPSA) is 150 Å². The van der Waals surface area contributed by atoms with Gasteiger partial charge < -0.3 is 29.4 Å². The van der Waals surface area contributed by atoms with Crippen LogP contribution in [-0.2, 0) is 35.7 Å². The molecule has 0 saturated heterocycles. The molecule has 0 aliphatic carbocycles. The maximum atomic E-state index is 13.4. The molecular weight excluding hydrogens is 646 g/mol. The number of methoxy groups -OCH3 is 2. The third kappa shape index (κ3) is 7.93. The zero-order valence-corrected chi connectivity index (χ0v) is 31.2. The van der Waals surface area contributed by atoms with Crippen LogP contribution in [-0.4, -0.2) is 82.7 Å². The molecule has 11 nitrogen and oxygen atoms in total. The minimum Gasteiger partial charge on any atom is -0.469 e. The fourth-order valence-electron chi connectivity index (χ4n) is 7.32. The summed E-state index contributed by atoms with van der Waals surface area (Å²) in [4.78, 5) is 57.2. The molecule has 0 spiro atoms. The van der Waals surface area contributed by atoms with E-state index in [1.54, 1.807) is 19.0 Å². The summed E-state index contributed by atoms with van der Waals surface area (Å²) in [5, 5.41) is 9.68. The predicted molar refractivity (Wildman–Crippen MR) is 199 cm³/mol. The lowest BCUT2D eigenvalue weighted by molar-refractivity contribution is -0.141. The Morgan fingerprint density at radius 2 is 1.57 bits per heavy atom. The molecule has 0 radical (unpaired) electrons. The molecule has 5 rings (SSSR count). The van der Waals surface area contributed by atoms with E-state index in [1.807, 2.05) is 26.0 Å². The van der Waals surface area contributed by atoms with Crippen molar-refractivity contribution in [3.8, 4) is 0 Å². The standard InChI is InChI=1S/C40H51N5O6/c1-23-17-26-18-36-40(4,22-37(47)45(5)6)29(11-9-10-16-46)35(44-36)20-32-25(3)28(13-15-39(49)51-8)34(43-32)21-33-27(12-14-38(48)50-7)24(2)31(42-33)19-30(23)41-26/h17-21,29,41-42,46H,9-16,22H2,1-8H3/t29-,40+/m0/s1. The first-order valence-electron chi connectivity index (χ1n) is 17.7. The van der Waals surface area contributed by atoms with Crippen molar-refractivity contribution in [2.24, 2.45) is 0 Å². The number of carbonyl (C=O) groups is 3. The molecule has 3 N–H and O–H groups in total. The van der Waals surface area contributed by atoms with Crippen molar-refractivity contribution in [3.63, 3.8) is 0 Å². The van der Waals surface area contributed by atoms with Crippen molar-refractivity contribution in [2.45, 2.75) is 90.4 Å². The number of aryl methyl sites for hydroxylation is 3. The van der Waals surface area contributed by atoms with Crippen LogP contribution < -0.4 is 0 Å². The number of fused-ring (bicyclic) bond motifs is 8. The molecule has 8 bridgehead atoms. The summed E-state index contributed by atoms with van der Waals surface area (Å²) in [7, 11) is 6.33. The van der Waals surface area contributed by atoms with Gasteiger partial charge in [-0.05, 0) is 105 Å². The Labute approximate surface area is 299 Å². The van der Waals surface area contributed by atoms with Crippen LogP contribution in [0.25, 0.3) is 33.2 Å². The van der Waals surface area contributed by atoms with Gasteiger partial charge in [-0.1, -0.05) is 13.3 Å². The lowest BCUT2D eigenvalue weighted by atomic mass is 9.70. The highest BCUT2D eigenvalue weighted by atomic mass is 16.5. The van der Waals surface area contributed by atoms with E-state index >= 15 is 0 Å². The summed E-state index contributed by atoms with van der Waals surface area (Å²) in [6.07, 6.45) is 3.74. The minimum absolute atomic E-state index is 0.0139. The Morgan fingerprint density at radius 3 is 2.24 bits per heavy atom. The van der Waals surface area contributed by atoms with Crippen molar-refractivity contribution in [1.29, 1.82) is 0 Å². The number of carbonyl (C=O) groups excluding carboxylic acids is 3. The van der Waals surface area contributed by atoms with E-state index in [-0.39, 0.29) is 49.6 Å². The van der Waals surface area contributed by atoms with Gasteiger partial charge >= 0.3 is 11.9 Å². The summed E-state index contributed by atoms with van der Waals surface area (Å²) < 4.78 is 9.96. The van der Waals surface area contributed by atoms with Gasteiger partial charge in [-0.25, -0.2) is 4.98 Å². The Hall–Kier alpha value is -4.77. The van der Waals surface area contributed by atoms with E-state index in [4.69, 9.17) is 19.4 Å². The zero-order valence-electron chi connectivity index (χ0n) is 31.2. The molecule has 0 fully saturated rings. The SMILES string of the molecule is COC(=O)CCC1=C(C)c2cc3nc(cc4cc(C)c(cc5[nH]c(cc1n2)c(CCC(=O)OC)c5C)[nH]4)[C@](C)(CC(=O)N(C)C)[C@H]3CCCCO. The van der Waals surface area contributed by atoms with Crippen LogP contribution in [0.5, 0.6) is 0 Å². The zero-order chi connectivity index (χ0) is 37.0. The summed E-state index contributed by atoms with van der Waals surface area (Å²) in [6, 6.07) is 10.3. The molecule has 3 aromatic rings. The average Bonchev–Trinajstić information content (AvgIpc) is 3.76. The Morgan fingerprint density at radius 1 is 0.863 bits per heavy atom. The van der Waals surface area contributed by atoms with Gasteiger partial charge in [0.05, 0.1) is 25.6 Å². The number of nitrogens with zero attached hydrogens (tertiary/aromatic N) is 3. The fourth-order valence-corrected chi connectivity index (χ4v) is 7.32. The lowest BCUT2D eigenvalue weighted by Gasteiger charge is -2.32. The minimum atomic E-state index is -0.623. The van der Waals surface area contributed by atoms with Crippen molar-refractivity contribution >= 4 is 51.1 Å². The van der Waals surface area contributed by atoms with Gasteiger partial charge in [0, 0.05) is 84.8 Å². The molecule has 272 valence electrons. The highest BCUT2D eigenvalue weighted by Crippen LogP contribution is 2.48. The highest BCUT2D eigenvalue weighted by Gasteiger charge is 2.44. The van der Waals surface area contributed by atoms with Crippen molar-refractivity contribution in [1.82, 2.24) is 24.8 Å². The van der Waals surface area contributed by atoms with E-state index < -0.39 is 5.41 Å². The maximum Gasteiger partial charge on any atom is 0.305 e. The van der Waals surface area contributed by atoms with E-state index in [2.05, 4.69) is 42.0 Å².